The summed E-state index contributed by atoms with van der Waals surface area (Å²) in [5.41, 5.74) is -0.154. The van der Waals surface area contributed by atoms with Gasteiger partial charge in [-0.1, -0.05) is 107 Å². The molecule has 15 heteroatoms. The fourth-order valence-electron chi connectivity index (χ4n) is 8.70. The molecule has 1 unspecified atom stereocenters. The molecule has 6 rings (SSSR count). The van der Waals surface area contributed by atoms with E-state index in [0.29, 0.717) is 35.2 Å². The molecule has 63 heavy (non-hydrogen) atoms. The number of epoxide rings is 1. The fraction of sp³-hybridized carbons (Fsp3) is 0.417. The first kappa shape index (κ1) is 47.3. The number of hydrogen-bond acceptors (Lipinski definition) is 10. The number of nitrogens with zero attached hydrogens (tertiary/aromatic N) is 2. The maximum absolute atomic E-state index is 14.5. The number of carbonyl (C=O) groups is 2. The van der Waals surface area contributed by atoms with E-state index in [-0.39, 0.29) is 47.5 Å². The summed E-state index contributed by atoms with van der Waals surface area (Å²) in [5, 5.41) is 13.8. The van der Waals surface area contributed by atoms with Gasteiger partial charge in [0.2, 0.25) is 10.0 Å². The van der Waals surface area contributed by atoms with E-state index in [1.54, 1.807) is 32.9 Å². The Labute approximate surface area is 371 Å². The van der Waals surface area contributed by atoms with Gasteiger partial charge < -0.3 is 18.6 Å². The van der Waals surface area contributed by atoms with Crippen LogP contribution >= 0.6 is 0 Å². The van der Waals surface area contributed by atoms with Crippen LogP contribution in [-0.4, -0.2) is 76.4 Å². The summed E-state index contributed by atoms with van der Waals surface area (Å²) in [6, 6.07) is 32.5. The number of rotatable bonds is 18. The smallest absolute Gasteiger partial charge is 0.419 e. The molecule has 0 aliphatic carbocycles. The molecule has 0 amide bonds. The van der Waals surface area contributed by atoms with E-state index in [1.165, 1.54) is 23.8 Å². The number of ether oxygens (including phenoxy) is 3. The normalized spacial score (nSPS) is 16.6. The number of aromatic nitrogens is 1. The van der Waals surface area contributed by atoms with Crippen LogP contribution in [0.1, 0.15) is 84.9 Å². The van der Waals surface area contributed by atoms with Gasteiger partial charge in [-0.15, -0.1) is 0 Å². The number of benzene rings is 4. The molecule has 0 radical (unpaired) electrons. The molecular weight excluding hydrogens is 839 g/mol. The van der Waals surface area contributed by atoms with E-state index in [1.807, 2.05) is 48.5 Å². The van der Waals surface area contributed by atoms with Crippen molar-refractivity contribution in [2.75, 3.05) is 26.9 Å². The maximum Gasteiger partial charge on any atom is 0.419 e. The third-order valence-electron chi connectivity index (χ3n) is 11.8. The van der Waals surface area contributed by atoms with Gasteiger partial charge in [-0.2, -0.15) is 0 Å². The molecule has 1 N–H and O–H groups in total. The molecule has 5 aromatic rings. The molecule has 1 fully saturated rings. The van der Waals surface area contributed by atoms with Gasteiger partial charge in [0.05, 0.1) is 40.6 Å². The summed E-state index contributed by atoms with van der Waals surface area (Å²) in [6.07, 6.45) is 0.902. The molecule has 1 aliphatic heterocycles. The summed E-state index contributed by atoms with van der Waals surface area (Å²) in [7, 11) is -5.84. The van der Waals surface area contributed by atoms with Crippen LogP contribution in [0, 0.1) is 16.0 Å². The van der Waals surface area contributed by atoms with Gasteiger partial charge in [-0.3, -0.25) is 14.9 Å². The predicted octanol–water partition coefficient (Wildman–Crippen LogP) is 8.26. The van der Waals surface area contributed by atoms with E-state index >= 15 is 0 Å². The molecule has 3 atom stereocenters. The average molecular weight is 898 g/mol. The number of hydrogen-bond donors (Lipinski definition) is 1. The van der Waals surface area contributed by atoms with Crippen LogP contribution in [0.15, 0.2) is 114 Å². The second kappa shape index (κ2) is 18.9. The Morgan fingerprint density at radius 2 is 1.48 bits per heavy atom. The topological polar surface area (TPSA) is 169 Å². The second-order valence-corrected chi connectivity index (χ2v) is 24.3. The van der Waals surface area contributed by atoms with Crippen molar-refractivity contribution in [2.45, 2.75) is 101 Å². The Morgan fingerprint density at radius 3 is 1.98 bits per heavy atom. The highest BCUT2D eigenvalue weighted by Crippen LogP contribution is 2.44. The lowest BCUT2D eigenvalue weighted by Crippen LogP contribution is -2.67. The van der Waals surface area contributed by atoms with Gasteiger partial charge in [-0.05, 0) is 91.5 Å². The Bertz CT molecular complexity index is 2470. The zero-order valence-corrected chi connectivity index (χ0v) is 39.2. The SMILES string of the molecule is CC[C@]1(C[C@H](CO[Si](c2ccccc2)(c2ccccc2)C(C)(C)C)CC(C(=O)OC)c2c(CCNS(=O)(=O)c3ccc([N+](=O)[O-])cc3)c3ccccc3n2C(=O)OC(C)(C)C)CO1. The molecule has 13 nitrogen and oxygen atoms in total. The molecule has 0 bridgehead atoms. The highest BCUT2D eigenvalue weighted by molar-refractivity contribution is 7.89. The van der Waals surface area contributed by atoms with E-state index in [2.05, 4.69) is 56.7 Å². The molecule has 2 heterocycles. The average Bonchev–Trinajstić information content (AvgIpc) is 3.95. The molecule has 4 aromatic carbocycles. The van der Waals surface area contributed by atoms with Crippen molar-refractivity contribution in [3.8, 4) is 0 Å². The van der Waals surface area contributed by atoms with Crippen LogP contribution in [0.25, 0.3) is 10.9 Å². The lowest BCUT2D eigenvalue weighted by atomic mass is 9.84. The molecule has 0 saturated carbocycles. The number of non-ortho nitro benzene ring substituents is 1. The number of nitro benzene ring substituents is 1. The van der Waals surface area contributed by atoms with Crippen molar-refractivity contribution >= 4 is 57.4 Å². The van der Waals surface area contributed by atoms with Gasteiger partial charge in [0.1, 0.15) is 5.60 Å². The van der Waals surface area contributed by atoms with Crippen molar-refractivity contribution in [2.24, 2.45) is 5.92 Å². The van der Waals surface area contributed by atoms with Crippen LogP contribution in [0.5, 0.6) is 0 Å². The number of esters is 1. The number of nitro groups is 1. The number of sulfonamides is 1. The fourth-order valence-corrected chi connectivity index (χ4v) is 14.4. The standard InChI is InChI=1S/C48H59N3O10SSi/c1-9-48(33-59-48)31-34(32-60-63(47(5,6)7,37-18-12-10-13-19-37)38-20-14-11-15-21-38)30-41(44(52)58-8)43-40(28-29-49-62(56,57)36-26-24-35(25-27-36)51(54)55)39-22-16-17-23-42(39)50(43)45(53)61-46(2,3)4/h10-27,34,41,49H,9,28-33H2,1-8H3/t34-,41?,48+/m1/s1. The summed E-state index contributed by atoms with van der Waals surface area (Å²) in [6.45, 7) is 14.7. The number of fused-ring (bicyclic) bond motifs is 1. The second-order valence-electron chi connectivity index (χ2n) is 18.3. The Kier molecular flexibility index (Phi) is 14.2. The highest BCUT2D eigenvalue weighted by atomic mass is 32.2. The third-order valence-corrected chi connectivity index (χ3v) is 18.3. The summed E-state index contributed by atoms with van der Waals surface area (Å²) in [5.74, 6) is -1.89. The minimum absolute atomic E-state index is 0.0661. The lowest BCUT2D eigenvalue weighted by molar-refractivity contribution is -0.384. The van der Waals surface area contributed by atoms with Crippen molar-refractivity contribution in [3.63, 3.8) is 0 Å². The molecule has 336 valence electrons. The van der Waals surface area contributed by atoms with E-state index < -0.39 is 52.4 Å². The largest absolute Gasteiger partial charge is 0.469 e. The monoisotopic (exact) mass is 897 g/mol. The van der Waals surface area contributed by atoms with Crippen molar-refractivity contribution in [3.05, 3.63) is 131 Å². The highest BCUT2D eigenvalue weighted by Gasteiger charge is 2.52. The van der Waals surface area contributed by atoms with Crippen LogP contribution in [-0.2, 0) is 39.9 Å². The van der Waals surface area contributed by atoms with Crippen LogP contribution in [0.3, 0.4) is 0 Å². The molecular formula is C48H59N3O10SSi. The van der Waals surface area contributed by atoms with Gasteiger partial charge in [-0.25, -0.2) is 22.5 Å². The predicted molar refractivity (Wildman–Crippen MR) is 246 cm³/mol. The Morgan fingerprint density at radius 1 is 0.905 bits per heavy atom. The van der Waals surface area contributed by atoms with E-state index in [0.717, 1.165) is 28.9 Å². The number of methoxy groups -OCH3 is 1. The summed E-state index contributed by atoms with van der Waals surface area (Å²) in [4.78, 5) is 39.4. The quantitative estimate of drug-likeness (QED) is 0.0297. The number of carbonyl (C=O) groups excluding carboxylic acids is 2. The lowest BCUT2D eigenvalue weighted by Gasteiger charge is -2.44. The number of para-hydroxylation sites is 1. The van der Waals surface area contributed by atoms with Crippen LogP contribution < -0.4 is 15.1 Å². The minimum atomic E-state index is -4.12. The summed E-state index contributed by atoms with van der Waals surface area (Å²) < 4.78 is 56.3. The number of nitrogens with one attached hydrogen (secondary N) is 1. The molecule has 1 aromatic heterocycles. The van der Waals surface area contributed by atoms with Crippen LogP contribution in [0.2, 0.25) is 5.04 Å². The zero-order valence-electron chi connectivity index (χ0n) is 37.4. The first-order valence-corrected chi connectivity index (χ1v) is 24.7. The van der Waals surface area contributed by atoms with Crippen molar-refractivity contribution in [1.82, 2.24) is 9.29 Å². The van der Waals surface area contributed by atoms with Crippen LogP contribution in [0.4, 0.5) is 10.5 Å². The Hall–Kier alpha value is -5.19. The van der Waals surface area contributed by atoms with Crippen molar-refractivity contribution < 1.29 is 41.6 Å². The van der Waals surface area contributed by atoms with Gasteiger partial charge >= 0.3 is 12.1 Å². The van der Waals surface area contributed by atoms with Gasteiger partial charge in [0, 0.05) is 36.4 Å². The first-order chi connectivity index (χ1) is 29.8. The maximum atomic E-state index is 14.5. The third kappa shape index (κ3) is 10.4. The minimum Gasteiger partial charge on any atom is -0.469 e. The summed E-state index contributed by atoms with van der Waals surface area (Å²) >= 11 is 0. The van der Waals surface area contributed by atoms with Gasteiger partial charge in [0.15, 0.2) is 0 Å². The molecule has 1 saturated heterocycles. The Balaban J connectivity index is 1.46. The first-order valence-electron chi connectivity index (χ1n) is 21.3. The van der Waals surface area contributed by atoms with Crippen molar-refractivity contribution in [1.29, 1.82) is 0 Å². The van der Waals surface area contributed by atoms with E-state index in [9.17, 15) is 28.1 Å². The zero-order chi connectivity index (χ0) is 45.8. The van der Waals surface area contributed by atoms with Gasteiger partial charge in [0.25, 0.3) is 14.0 Å². The molecule has 0 spiro atoms. The molecule has 1 aliphatic rings. The van der Waals surface area contributed by atoms with E-state index in [4.69, 9.17) is 18.6 Å².